The Morgan fingerprint density at radius 3 is 2.58 bits per heavy atom. The highest BCUT2D eigenvalue weighted by atomic mass is 19.1. The fourth-order valence-electron chi connectivity index (χ4n) is 1.33. The van der Waals surface area contributed by atoms with Gasteiger partial charge in [-0.1, -0.05) is 0 Å². The average Bonchev–Trinajstić information content (AvgIpc) is 2.09. The smallest absolute Gasteiger partial charge is 0.135 e. The molecule has 1 unspecified atom stereocenters. The van der Waals surface area contributed by atoms with Gasteiger partial charge < -0.3 is 5.11 Å². The summed E-state index contributed by atoms with van der Waals surface area (Å²) in [6.45, 7) is 0.972. The summed E-state index contributed by atoms with van der Waals surface area (Å²) in [7, 11) is 0. The highest BCUT2D eigenvalue weighted by molar-refractivity contribution is 5.79. The summed E-state index contributed by atoms with van der Waals surface area (Å²) in [6, 6.07) is 0. The lowest BCUT2D eigenvalue weighted by molar-refractivity contribution is -0.121. The minimum atomic E-state index is -0.891. The van der Waals surface area contributed by atoms with Crippen molar-refractivity contribution in [3.63, 3.8) is 0 Å². The van der Waals surface area contributed by atoms with E-state index in [-0.39, 0.29) is 5.78 Å². The number of Topliss-reactive ketones (excluding diaryl/α,β-unsaturated/α-hetero) is 1. The third kappa shape index (κ3) is 2.87. The van der Waals surface area contributed by atoms with E-state index < -0.39 is 12.8 Å². The van der Waals surface area contributed by atoms with E-state index >= 15 is 0 Å². The number of ketones is 1. The minimum Gasteiger partial charge on any atom is -0.389 e. The second-order valence-corrected chi connectivity index (χ2v) is 3.15. The van der Waals surface area contributed by atoms with Gasteiger partial charge in [-0.25, -0.2) is 4.39 Å². The summed E-state index contributed by atoms with van der Waals surface area (Å²) in [5, 5.41) is 8.97. The molecule has 1 N–H and O–H groups in total. The first-order valence-corrected chi connectivity index (χ1v) is 4.20. The number of aliphatic hydroxyl groups is 1. The number of nitrogens with zero attached hydrogens (tertiary/aromatic N) is 1. The van der Waals surface area contributed by atoms with E-state index in [4.69, 9.17) is 5.11 Å². The normalized spacial score (nSPS) is 22.7. The molecule has 0 aromatic carbocycles. The molecular weight excluding hydrogens is 161 g/mol. The third-order valence-corrected chi connectivity index (χ3v) is 2.06. The molecule has 0 radical (unpaired) electrons. The van der Waals surface area contributed by atoms with E-state index in [1.807, 2.05) is 4.90 Å². The maximum Gasteiger partial charge on any atom is 0.135 e. The van der Waals surface area contributed by atoms with Crippen molar-refractivity contribution in [3.05, 3.63) is 0 Å². The van der Waals surface area contributed by atoms with E-state index in [2.05, 4.69) is 0 Å². The molecule has 1 rings (SSSR count). The summed E-state index contributed by atoms with van der Waals surface area (Å²) in [6.07, 6.45) is 0.191. The SMILES string of the molecule is O=C1CCN(CC(O)CF)CC1. The number of halogens is 1. The quantitative estimate of drug-likeness (QED) is 0.655. The lowest BCUT2D eigenvalue weighted by Gasteiger charge is -2.26. The van der Waals surface area contributed by atoms with Crippen LogP contribution < -0.4 is 0 Å². The number of alkyl halides is 1. The Balaban J connectivity index is 2.21. The van der Waals surface area contributed by atoms with Gasteiger partial charge in [0.15, 0.2) is 0 Å². The van der Waals surface area contributed by atoms with Gasteiger partial charge in [-0.2, -0.15) is 0 Å². The van der Waals surface area contributed by atoms with Crippen molar-refractivity contribution in [2.75, 3.05) is 26.3 Å². The number of β-amino-alcohol motifs (C(OH)–C–C–N with tert-alkyl or cyclic N) is 1. The Bertz CT molecular complexity index is 153. The van der Waals surface area contributed by atoms with E-state index in [0.29, 0.717) is 32.5 Å². The second kappa shape index (κ2) is 4.52. The molecule has 1 saturated heterocycles. The van der Waals surface area contributed by atoms with Gasteiger partial charge in [0.1, 0.15) is 12.5 Å². The fourth-order valence-corrected chi connectivity index (χ4v) is 1.33. The van der Waals surface area contributed by atoms with Crippen LogP contribution in [0.2, 0.25) is 0 Å². The van der Waals surface area contributed by atoms with Gasteiger partial charge in [-0.15, -0.1) is 0 Å². The number of likely N-dealkylation sites (tertiary alicyclic amines) is 1. The van der Waals surface area contributed by atoms with Crippen molar-refractivity contribution < 1.29 is 14.3 Å². The van der Waals surface area contributed by atoms with Crippen LogP contribution in [-0.2, 0) is 4.79 Å². The lowest BCUT2D eigenvalue weighted by Crippen LogP contribution is -2.39. The van der Waals surface area contributed by atoms with Gasteiger partial charge >= 0.3 is 0 Å². The number of hydrogen-bond donors (Lipinski definition) is 1. The van der Waals surface area contributed by atoms with Gasteiger partial charge in [0, 0.05) is 32.5 Å². The Kier molecular flexibility index (Phi) is 3.62. The van der Waals surface area contributed by atoms with Crippen LogP contribution in [0.15, 0.2) is 0 Å². The molecule has 1 heterocycles. The first kappa shape index (κ1) is 9.61. The first-order chi connectivity index (χ1) is 5.72. The highest BCUT2D eigenvalue weighted by Gasteiger charge is 2.18. The minimum absolute atomic E-state index is 0.265. The van der Waals surface area contributed by atoms with Gasteiger partial charge in [0.25, 0.3) is 0 Å². The van der Waals surface area contributed by atoms with E-state index in [0.717, 1.165) is 0 Å². The van der Waals surface area contributed by atoms with Crippen LogP contribution in [0.25, 0.3) is 0 Å². The van der Waals surface area contributed by atoms with Gasteiger partial charge in [0.2, 0.25) is 0 Å². The lowest BCUT2D eigenvalue weighted by atomic mass is 10.1. The molecule has 0 spiro atoms. The number of piperidine rings is 1. The maximum atomic E-state index is 11.9. The number of hydrogen-bond acceptors (Lipinski definition) is 3. The van der Waals surface area contributed by atoms with Gasteiger partial charge in [-0.3, -0.25) is 9.69 Å². The van der Waals surface area contributed by atoms with Crippen molar-refractivity contribution in [2.24, 2.45) is 0 Å². The fraction of sp³-hybridized carbons (Fsp3) is 0.875. The van der Waals surface area contributed by atoms with Gasteiger partial charge in [0.05, 0.1) is 6.10 Å². The Labute approximate surface area is 71.2 Å². The molecule has 1 fully saturated rings. The molecule has 0 bridgehead atoms. The van der Waals surface area contributed by atoms with Crippen LogP contribution in [0.3, 0.4) is 0 Å². The van der Waals surface area contributed by atoms with Crippen LogP contribution in [0.4, 0.5) is 4.39 Å². The summed E-state index contributed by atoms with van der Waals surface area (Å²) < 4.78 is 11.9. The summed E-state index contributed by atoms with van der Waals surface area (Å²) in [5.74, 6) is 0.265. The predicted molar refractivity (Wildman–Crippen MR) is 42.7 cm³/mol. The summed E-state index contributed by atoms with van der Waals surface area (Å²) in [5.41, 5.74) is 0. The molecule has 1 aliphatic rings. The molecule has 70 valence electrons. The predicted octanol–water partition coefficient (Wildman–Crippen LogP) is -0.0183. The Morgan fingerprint density at radius 1 is 1.50 bits per heavy atom. The highest BCUT2D eigenvalue weighted by Crippen LogP contribution is 2.05. The zero-order chi connectivity index (χ0) is 8.97. The van der Waals surface area contributed by atoms with Crippen molar-refractivity contribution in [3.8, 4) is 0 Å². The number of carbonyl (C=O) groups excluding carboxylic acids is 1. The molecule has 4 heteroatoms. The van der Waals surface area contributed by atoms with E-state index in [9.17, 15) is 9.18 Å². The number of aliphatic hydroxyl groups excluding tert-OH is 1. The second-order valence-electron chi connectivity index (χ2n) is 3.15. The molecule has 3 nitrogen and oxygen atoms in total. The zero-order valence-electron chi connectivity index (χ0n) is 7.00. The standard InChI is InChI=1S/C8H14FNO2/c9-5-8(12)6-10-3-1-7(11)2-4-10/h8,12H,1-6H2. The molecular formula is C8H14FNO2. The maximum absolute atomic E-state index is 11.9. The molecule has 0 aromatic heterocycles. The molecule has 0 aliphatic carbocycles. The zero-order valence-corrected chi connectivity index (χ0v) is 7.00. The molecule has 0 saturated carbocycles. The number of carbonyl (C=O) groups is 1. The van der Waals surface area contributed by atoms with Crippen molar-refractivity contribution >= 4 is 5.78 Å². The topological polar surface area (TPSA) is 40.5 Å². The first-order valence-electron chi connectivity index (χ1n) is 4.20. The molecule has 1 aliphatic heterocycles. The van der Waals surface area contributed by atoms with Crippen molar-refractivity contribution in [2.45, 2.75) is 18.9 Å². The van der Waals surface area contributed by atoms with Crippen LogP contribution in [0, 0.1) is 0 Å². The molecule has 1 atom stereocenters. The number of rotatable bonds is 3. The Hall–Kier alpha value is -0.480. The van der Waals surface area contributed by atoms with Gasteiger partial charge in [-0.05, 0) is 0 Å². The molecule has 0 amide bonds. The summed E-state index contributed by atoms with van der Waals surface area (Å²) >= 11 is 0. The molecule has 12 heavy (non-hydrogen) atoms. The van der Waals surface area contributed by atoms with E-state index in [1.165, 1.54) is 0 Å². The monoisotopic (exact) mass is 175 g/mol. The van der Waals surface area contributed by atoms with Crippen molar-refractivity contribution in [1.82, 2.24) is 4.90 Å². The summed E-state index contributed by atoms with van der Waals surface area (Å²) in [4.78, 5) is 12.7. The van der Waals surface area contributed by atoms with Crippen LogP contribution >= 0.6 is 0 Å². The van der Waals surface area contributed by atoms with E-state index in [1.54, 1.807) is 0 Å². The van der Waals surface area contributed by atoms with Crippen LogP contribution in [0.5, 0.6) is 0 Å². The Morgan fingerprint density at radius 2 is 2.08 bits per heavy atom. The van der Waals surface area contributed by atoms with Crippen LogP contribution in [0.1, 0.15) is 12.8 Å². The van der Waals surface area contributed by atoms with Crippen molar-refractivity contribution in [1.29, 1.82) is 0 Å². The largest absolute Gasteiger partial charge is 0.389 e. The molecule has 0 aromatic rings. The third-order valence-electron chi connectivity index (χ3n) is 2.06. The van der Waals surface area contributed by atoms with Crippen LogP contribution in [-0.4, -0.2) is 48.2 Å². The average molecular weight is 175 g/mol.